The number of pyridine rings is 1. The van der Waals surface area contributed by atoms with Crippen molar-refractivity contribution in [3.8, 4) is 11.5 Å². The summed E-state index contributed by atoms with van der Waals surface area (Å²) in [5, 5.41) is 0. The number of amides is 1. The molecule has 0 radical (unpaired) electrons. The minimum absolute atomic E-state index is 0.0823. The molecule has 0 N–H and O–H groups in total. The Morgan fingerprint density at radius 1 is 1.23 bits per heavy atom. The summed E-state index contributed by atoms with van der Waals surface area (Å²) in [6.45, 7) is 7.51. The fraction of sp³-hybridized carbons (Fsp3) is 0.538. The number of methoxy groups -OCH3 is 1. The second-order valence-corrected chi connectivity index (χ2v) is 9.64. The molecule has 2 atom stereocenters. The highest BCUT2D eigenvalue weighted by Gasteiger charge is 2.57. The smallest absolute Gasteiger partial charge is 0.254 e. The van der Waals surface area contributed by atoms with E-state index >= 15 is 0 Å². The number of hydrogen-bond acceptors (Lipinski definition) is 7. The number of halogens is 1. The maximum Gasteiger partial charge on any atom is 0.254 e. The highest BCUT2D eigenvalue weighted by Crippen LogP contribution is 2.48. The van der Waals surface area contributed by atoms with Gasteiger partial charge in [-0.3, -0.25) is 9.78 Å². The van der Waals surface area contributed by atoms with Crippen LogP contribution in [0.1, 0.15) is 50.2 Å². The van der Waals surface area contributed by atoms with E-state index in [1.165, 1.54) is 21.0 Å². The van der Waals surface area contributed by atoms with Gasteiger partial charge in [0.05, 0.1) is 26.0 Å². The standard InChI is InChI=1S/C26H33FN2O6/c1-24(2,27)33-15-14-32-19-10-9-18(16-20(19)31-5)23(30)29-13-11-26(21-8-6-7-12-28-21)22(17-29)34-25(3,4)35-26/h6-10,12,16,22H,11,13-15,17H2,1-5H3/t22-,26-/m1/s1. The van der Waals surface area contributed by atoms with E-state index in [0.717, 1.165) is 5.69 Å². The topological polar surface area (TPSA) is 79.4 Å². The Labute approximate surface area is 205 Å². The predicted octanol–water partition coefficient (Wildman–Crippen LogP) is 4.08. The van der Waals surface area contributed by atoms with Gasteiger partial charge in [0.25, 0.3) is 5.91 Å². The number of benzene rings is 1. The molecule has 0 aliphatic carbocycles. The van der Waals surface area contributed by atoms with E-state index in [-0.39, 0.29) is 25.2 Å². The third-order valence-corrected chi connectivity index (χ3v) is 6.10. The van der Waals surface area contributed by atoms with Crippen molar-refractivity contribution in [2.24, 2.45) is 0 Å². The fourth-order valence-electron chi connectivity index (χ4n) is 4.64. The minimum Gasteiger partial charge on any atom is -0.493 e. The molecule has 2 aliphatic rings. The van der Waals surface area contributed by atoms with Gasteiger partial charge < -0.3 is 28.6 Å². The number of hydrogen-bond donors (Lipinski definition) is 0. The van der Waals surface area contributed by atoms with E-state index in [1.807, 2.05) is 32.0 Å². The Kier molecular flexibility index (Phi) is 7.04. The number of carbonyl (C=O) groups is 1. The third kappa shape index (κ3) is 5.58. The van der Waals surface area contributed by atoms with Crippen LogP contribution in [0.25, 0.3) is 0 Å². The highest BCUT2D eigenvalue weighted by molar-refractivity contribution is 5.95. The molecule has 4 rings (SSSR count). The number of fused-ring (bicyclic) bond motifs is 1. The van der Waals surface area contributed by atoms with Crippen molar-refractivity contribution in [3.05, 3.63) is 53.9 Å². The minimum atomic E-state index is -1.73. The number of rotatable bonds is 8. The van der Waals surface area contributed by atoms with E-state index in [1.54, 1.807) is 29.3 Å². The molecule has 1 amide bonds. The van der Waals surface area contributed by atoms with Gasteiger partial charge in [0.15, 0.2) is 17.3 Å². The second kappa shape index (κ2) is 9.72. The molecule has 0 bridgehead atoms. The average molecular weight is 489 g/mol. The zero-order chi connectivity index (χ0) is 25.3. The van der Waals surface area contributed by atoms with Gasteiger partial charge in [0.1, 0.15) is 18.3 Å². The van der Waals surface area contributed by atoms with Crippen LogP contribution in [0.15, 0.2) is 42.6 Å². The molecule has 2 fully saturated rings. The van der Waals surface area contributed by atoms with Gasteiger partial charge in [0, 0.05) is 24.7 Å². The predicted molar refractivity (Wildman–Crippen MR) is 126 cm³/mol. The van der Waals surface area contributed by atoms with E-state index in [2.05, 4.69) is 4.98 Å². The van der Waals surface area contributed by atoms with Crippen molar-refractivity contribution >= 4 is 5.91 Å². The summed E-state index contributed by atoms with van der Waals surface area (Å²) in [7, 11) is 1.51. The summed E-state index contributed by atoms with van der Waals surface area (Å²) in [6.07, 6.45) is 1.95. The van der Waals surface area contributed by atoms with E-state index in [4.69, 9.17) is 23.7 Å². The lowest BCUT2D eigenvalue weighted by Crippen LogP contribution is -2.53. The number of nitrogens with zero attached hydrogens (tertiary/aromatic N) is 2. The molecule has 0 saturated carbocycles. The zero-order valence-corrected chi connectivity index (χ0v) is 20.9. The molecule has 8 nitrogen and oxygen atoms in total. The number of carbonyl (C=O) groups excluding carboxylic acids is 1. The lowest BCUT2D eigenvalue weighted by atomic mass is 9.85. The molecule has 2 aromatic rings. The first-order valence-corrected chi connectivity index (χ1v) is 11.8. The van der Waals surface area contributed by atoms with Gasteiger partial charge in [-0.05, 0) is 58.0 Å². The molecule has 2 aliphatic heterocycles. The Bertz CT molecular complexity index is 1040. The first-order chi connectivity index (χ1) is 16.5. The Morgan fingerprint density at radius 3 is 2.71 bits per heavy atom. The van der Waals surface area contributed by atoms with E-state index in [0.29, 0.717) is 36.6 Å². The number of piperidine rings is 1. The molecule has 0 spiro atoms. The van der Waals surface area contributed by atoms with E-state index in [9.17, 15) is 9.18 Å². The Balaban J connectivity index is 1.46. The monoisotopic (exact) mass is 488 g/mol. The SMILES string of the molecule is COc1cc(C(=O)N2CC[C@]3(c4ccccn4)OC(C)(C)O[C@@H]3C2)ccc1OCCOC(C)(C)F. The number of ether oxygens (including phenoxy) is 5. The van der Waals surface area contributed by atoms with Crippen LogP contribution in [-0.4, -0.2) is 67.0 Å². The highest BCUT2D eigenvalue weighted by atomic mass is 19.2. The molecule has 2 saturated heterocycles. The second-order valence-electron chi connectivity index (χ2n) is 9.64. The van der Waals surface area contributed by atoms with Crippen molar-refractivity contribution in [3.63, 3.8) is 0 Å². The molecular formula is C26H33FN2O6. The molecular weight excluding hydrogens is 455 g/mol. The van der Waals surface area contributed by atoms with Crippen LogP contribution in [0, 0.1) is 0 Å². The molecule has 3 heterocycles. The molecule has 1 aromatic carbocycles. The zero-order valence-electron chi connectivity index (χ0n) is 20.9. The summed E-state index contributed by atoms with van der Waals surface area (Å²) >= 11 is 0. The first-order valence-electron chi connectivity index (χ1n) is 11.8. The van der Waals surface area contributed by atoms with Gasteiger partial charge in [0.2, 0.25) is 5.85 Å². The molecule has 190 valence electrons. The first kappa shape index (κ1) is 25.3. The molecule has 9 heteroatoms. The largest absolute Gasteiger partial charge is 0.493 e. The van der Waals surface area contributed by atoms with Crippen molar-refractivity contribution < 1.29 is 32.9 Å². The summed E-state index contributed by atoms with van der Waals surface area (Å²) in [5.74, 6) is -1.79. The summed E-state index contributed by atoms with van der Waals surface area (Å²) < 4.78 is 42.2. The lowest BCUT2D eigenvalue weighted by molar-refractivity contribution is -0.166. The van der Waals surface area contributed by atoms with Gasteiger partial charge in [-0.15, -0.1) is 0 Å². The van der Waals surface area contributed by atoms with Crippen molar-refractivity contribution in [2.75, 3.05) is 33.4 Å². The molecule has 35 heavy (non-hydrogen) atoms. The molecule has 1 aromatic heterocycles. The summed E-state index contributed by atoms with van der Waals surface area (Å²) in [4.78, 5) is 19.7. The van der Waals surface area contributed by atoms with Crippen LogP contribution in [0.5, 0.6) is 11.5 Å². The van der Waals surface area contributed by atoms with Gasteiger partial charge >= 0.3 is 0 Å². The quantitative estimate of drug-likeness (QED) is 0.518. The summed E-state index contributed by atoms with van der Waals surface area (Å²) in [6, 6.07) is 10.8. The Morgan fingerprint density at radius 2 is 2.03 bits per heavy atom. The number of alkyl halides is 1. The third-order valence-electron chi connectivity index (χ3n) is 6.10. The van der Waals surface area contributed by atoms with Crippen molar-refractivity contribution in [1.82, 2.24) is 9.88 Å². The van der Waals surface area contributed by atoms with Crippen LogP contribution in [-0.2, 0) is 19.8 Å². The number of aromatic nitrogens is 1. The molecule has 0 unspecified atom stereocenters. The number of likely N-dealkylation sites (tertiary alicyclic amines) is 1. The van der Waals surface area contributed by atoms with Crippen LogP contribution in [0.3, 0.4) is 0 Å². The average Bonchev–Trinajstić information content (AvgIpc) is 3.11. The maximum absolute atomic E-state index is 13.5. The van der Waals surface area contributed by atoms with Crippen LogP contribution in [0.2, 0.25) is 0 Å². The van der Waals surface area contributed by atoms with Crippen LogP contribution < -0.4 is 9.47 Å². The van der Waals surface area contributed by atoms with Crippen LogP contribution in [0.4, 0.5) is 4.39 Å². The normalized spacial score (nSPS) is 23.6. The van der Waals surface area contributed by atoms with Crippen LogP contribution >= 0.6 is 0 Å². The van der Waals surface area contributed by atoms with Crippen molar-refractivity contribution in [1.29, 1.82) is 0 Å². The lowest BCUT2D eigenvalue weighted by Gasteiger charge is -2.41. The fourth-order valence-corrected chi connectivity index (χ4v) is 4.64. The van der Waals surface area contributed by atoms with Gasteiger partial charge in [-0.25, -0.2) is 4.39 Å². The Hall–Kier alpha value is -2.75. The van der Waals surface area contributed by atoms with Crippen molar-refractivity contribution in [2.45, 2.75) is 57.5 Å². The van der Waals surface area contributed by atoms with E-state index < -0.39 is 17.2 Å². The summed E-state index contributed by atoms with van der Waals surface area (Å²) in [5.41, 5.74) is 0.581. The van der Waals surface area contributed by atoms with Gasteiger partial charge in [-0.2, -0.15) is 0 Å². The van der Waals surface area contributed by atoms with Gasteiger partial charge in [-0.1, -0.05) is 6.07 Å². The maximum atomic E-state index is 13.5.